The SMILES string of the molecule is CN(Cc1ccccc1)S(=O)(=O)c1cccc(C(=O)OCc2ccccc2)c1. The van der Waals surface area contributed by atoms with Gasteiger partial charge in [-0.15, -0.1) is 0 Å². The molecule has 5 nitrogen and oxygen atoms in total. The van der Waals surface area contributed by atoms with E-state index in [4.69, 9.17) is 4.74 Å². The third kappa shape index (κ3) is 4.85. The molecule has 0 amide bonds. The van der Waals surface area contributed by atoms with Crippen LogP contribution in [0.3, 0.4) is 0 Å². The van der Waals surface area contributed by atoms with Crippen LogP contribution in [0.15, 0.2) is 89.8 Å². The Morgan fingerprint density at radius 2 is 1.46 bits per heavy atom. The van der Waals surface area contributed by atoms with E-state index >= 15 is 0 Å². The lowest BCUT2D eigenvalue weighted by Gasteiger charge is -2.17. The summed E-state index contributed by atoms with van der Waals surface area (Å²) in [7, 11) is -2.22. The summed E-state index contributed by atoms with van der Waals surface area (Å²) in [5.74, 6) is -0.563. The van der Waals surface area contributed by atoms with Gasteiger partial charge in [-0.1, -0.05) is 66.7 Å². The van der Waals surface area contributed by atoms with E-state index in [-0.39, 0.29) is 23.6 Å². The quantitative estimate of drug-likeness (QED) is 0.570. The molecule has 0 unspecified atom stereocenters. The monoisotopic (exact) mass is 395 g/mol. The molecule has 6 heteroatoms. The van der Waals surface area contributed by atoms with Gasteiger partial charge in [0.25, 0.3) is 0 Å². The van der Waals surface area contributed by atoms with Crippen molar-refractivity contribution >= 4 is 16.0 Å². The van der Waals surface area contributed by atoms with Gasteiger partial charge in [0.2, 0.25) is 10.0 Å². The van der Waals surface area contributed by atoms with Crippen LogP contribution in [0.1, 0.15) is 21.5 Å². The Kier molecular flexibility index (Phi) is 6.23. The zero-order valence-electron chi connectivity index (χ0n) is 15.5. The van der Waals surface area contributed by atoms with Gasteiger partial charge in [0, 0.05) is 13.6 Å². The van der Waals surface area contributed by atoms with Gasteiger partial charge >= 0.3 is 5.97 Å². The summed E-state index contributed by atoms with van der Waals surface area (Å²) in [6.07, 6.45) is 0. The highest BCUT2D eigenvalue weighted by Gasteiger charge is 2.22. The minimum atomic E-state index is -3.73. The standard InChI is InChI=1S/C22H21NO4S/c1-23(16-18-9-4-2-5-10-18)28(25,26)21-14-8-13-20(15-21)22(24)27-17-19-11-6-3-7-12-19/h2-15H,16-17H2,1H3. The van der Waals surface area contributed by atoms with Crippen LogP contribution < -0.4 is 0 Å². The molecule has 28 heavy (non-hydrogen) atoms. The molecular formula is C22H21NO4S. The molecule has 3 aromatic carbocycles. The van der Waals surface area contributed by atoms with Gasteiger partial charge in [0.05, 0.1) is 10.5 Å². The molecule has 0 spiro atoms. The van der Waals surface area contributed by atoms with Gasteiger partial charge < -0.3 is 4.74 Å². The molecule has 3 aromatic rings. The van der Waals surface area contributed by atoms with Crippen LogP contribution in [0, 0.1) is 0 Å². The Morgan fingerprint density at radius 3 is 2.11 bits per heavy atom. The number of esters is 1. The van der Waals surface area contributed by atoms with Crippen LogP contribution in [0.2, 0.25) is 0 Å². The lowest BCUT2D eigenvalue weighted by molar-refractivity contribution is 0.0472. The van der Waals surface area contributed by atoms with E-state index in [2.05, 4.69) is 0 Å². The summed E-state index contributed by atoms with van der Waals surface area (Å²) in [6, 6.07) is 24.6. The molecule has 0 bridgehead atoms. The molecule has 0 fully saturated rings. The third-order valence-electron chi connectivity index (χ3n) is 4.24. The van der Waals surface area contributed by atoms with E-state index in [1.54, 1.807) is 12.1 Å². The van der Waals surface area contributed by atoms with Gasteiger partial charge in [0.15, 0.2) is 0 Å². The zero-order valence-corrected chi connectivity index (χ0v) is 16.3. The molecular weight excluding hydrogens is 374 g/mol. The molecule has 0 aliphatic rings. The number of rotatable bonds is 7. The fourth-order valence-electron chi connectivity index (χ4n) is 2.70. The van der Waals surface area contributed by atoms with Crippen LogP contribution in [-0.4, -0.2) is 25.7 Å². The number of carbonyl (C=O) groups is 1. The summed E-state index contributed by atoms with van der Waals surface area (Å²) in [5, 5.41) is 0. The Hall–Kier alpha value is -2.96. The van der Waals surface area contributed by atoms with Crippen molar-refractivity contribution in [3.63, 3.8) is 0 Å². The van der Waals surface area contributed by atoms with Crippen molar-refractivity contribution in [2.75, 3.05) is 7.05 Å². The first-order valence-electron chi connectivity index (χ1n) is 8.78. The third-order valence-corrected chi connectivity index (χ3v) is 6.04. The van der Waals surface area contributed by atoms with E-state index in [0.29, 0.717) is 0 Å². The molecule has 0 saturated carbocycles. The van der Waals surface area contributed by atoms with Crippen LogP contribution in [-0.2, 0) is 27.9 Å². The number of sulfonamides is 1. The summed E-state index contributed by atoms with van der Waals surface area (Å²) in [6.45, 7) is 0.371. The highest BCUT2D eigenvalue weighted by molar-refractivity contribution is 7.89. The predicted molar refractivity (Wildman–Crippen MR) is 107 cm³/mol. The first-order valence-corrected chi connectivity index (χ1v) is 10.2. The van der Waals surface area contributed by atoms with E-state index in [9.17, 15) is 13.2 Å². The van der Waals surface area contributed by atoms with Gasteiger partial charge in [0.1, 0.15) is 6.61 Å². The van der Waals surface area contributed by atoms with Crippen molar-refractivity contribution in [2.24, 2.45) is 0 Å². The maximum absolute atomic E-state index is 12.9. The molecule has 0 atom stereocenters. The van der Waals surface area contributed by atoms with Crippen LogP contribution >= 0.6 is 0 Å². The van der Waals surface area contributed by atoms with Crippen molar-refractivity contribution in [1.82, 2.24) is 4.31 Å². The maximum Gasteiger partial charge on any atom is 0.338 e. The van der Waals surface area contributed by atoms with E-state index in [1.807, 2.05) is 60.7 Å². The predicted octanol–water partition coefficient (Wildman–Crippen LogP) is 3.86. The number of nitrogens with zero attached hydrogens (tertiary/aromatic N) is 1. The van der Waals surface area contributed by atoms with Crippen molar-refractivity contribution in [3.8, 4) is 0 Å². The lowest BCUT2D eigenvalue weighted by Crippen LogP contribution is -2.26. The molecule has 3 rings (SSSR count). The second kappa shape index (κ2) is 8.82. The summed E-state index contributed by atoms with van der Waals surface area (Å²) in [4.78, 5) is 12.4. The second-order valence-electron chi connectivity index (χ2n) is 6.34. The number of hydrogen-bond donors (Lipinski definition) is 0. The number of carbonyl (C=O) groups excluding carboxylic acids is 1. The fraction of sp³-hybridized carbons (Fsp3) is 0.136. The van der Waals surface area contributed by atoms with E-state index < -0.39 is 16.0 Å². The number of ether oxygens (including phenoxy) is 1. The van der Waals surface area contributed by atoms with Crippen LogP contribution in [0.4, 0.5) is 0 Å². The zero-order chi connectivity index (χ0) is 20.0. The first-order chi connectivity index (χ1) is 13.5. The van der Waals surface area contributed by atoms with E-state index in [0.717, 1.165) is 11.1 Å². The Labute approximate surface area is 165 Å². The Balaban J connectivity index is 1.73. The van der Waals surface area contributed by atoms with Gasteiger partial charge in [-0.25, -0.2) is 13.2 Å². The largest absolute Gasteiger partial charge is 0.457 e. The van der Waals surface area contributed by atoms with Gasteiger partial charge in [-0.2, -0.15) is 4.31 Å². The molecule has 0 saturated heterocycles. The highest BCUT2D eigenvalue weighted by Crippen LogP contribution is 2.19. The Bertz CT molecular complexity index is 1030. The molecule has 144 valence electrons. The molecule has 0 aliphatic heterocycles. The summed E-state index contributed by atoms with van der Waals surface area (Å²) >= 11 is 0. The normalized spacial score (nSPS) is 11.4. The minimum Gasteiger partial charge on any atom is -0.457 e. The van der Waals surface area contributed by atoms with E-state index in [1.165, 1.54) is 23.5 Å². The van der Waals surface area contributed by atoms with Crippen molar-refractivity contribution in [2.45, 2.75) is 18.0 Å². The van der Waals surface area contributed by atoms with Gasteiger partial charge in [-0.3, -0.25) is 0 Å². The maximum atomic E-state index is 12.9. The summed E-state index contributed by atoms with van der Waals surface area (Å²) < 4.78 is 32.3. The smallest absolute Gasteiger partial charge is 0.338 e. The van der Waals surface area contributed by atoms with Gasteiger partial charge in [-0.05, 0) is 29.3 Å². The van der Waals surface area contributed by atoms with Crippen LogP contribution in [0.5, 0.6) is 0 Å². The first kappa shape index (κ1) is 19.8. The van der Waals surface area contributed by atoms with Crippen molar-refractivity contribution in [1.29, 1.82) is 0 Å². The number of benzene rings is 3. The average molecular weight is 395 g/mol. The molecule has 0 N–H and O–H groups in total. The number of hydrogen-bond acceptors (Lipinski definition) is 4. The molecule has 0 heterocycles. The molecule has 0 aliphatic carbocycles. The van der Waals surface area contributed by atoms with Crippen molar-refractivity contribution in [3.05, 3.63) is 102 Å². The molecule has 0 aromatic heterocycles. The topological polar surface area (TPSA) is 63.7 Å². The fourth-order valence-corrected chi connectivity index (χ4v) is 3.90. The highest BCUT2D eigenvalue weighted by atomic mass is 32.2. The second-order valence-corrected chi connectivity index (χ2v) is 8.38. The Morgan fingerprint density at radius 1 is 0.857 bits per heavy atom. The minimum absolute atomic E-state index is 0.0556. The van der Waals surface area contributed by atoms with Crippen LogP contribution in [0.25, 0.3) is 0 Å². The summed E-state index contributed by atoms with van der Waals surface area (Å²) in [5.41, 5.74) is 1.94. The van der Waals surface area contributed by atoms with Crippen molar-refractivity contribution < 1.29 is 17.9 Å². The average Bonchev–Trinajstić information content (AvgIpc) is 2.73. The molecule has 0 radical (unpaired) electrons. The lowest BCUT2D eigenvalue weighted by atomic mass is 10.2.